The van der Waals surface area contributed by atoms with Gasteiger partial charge in [-0.25, -0.2) is 0 Å². The van der Waals surface area contributed by atoms with Crippen LogP contribution < -0.4 is 10.6 Å². The molecule has 1 aromatic heterocycles. The highest BCUT2D eigenvalue weighted by Gasteiger charge is 2.11. The van der Waals surface area contributed by atoms with Crippen LogP contribution in [0.5, 0.6) is 0 Å². The van der Waals surface area contributed by atoms with Crippen molar-refractivity contribution in [3.05, 3.63) is 51.7 Å². The summed E-state index contributed by atoms with van der Waals surface area (Å²) < 4.78 is 0. The average molecular weight is 289 g/mol. The minimum Gasteiger partial charge on any atom is -0.409 e. The highest BCUT2D eigenvalue weighted by Crippen LogP contribution is 2.24. The summed E-state index contributed by atoms with van der Waals surface area (Å²) in [5, 5.41) is 12.0. The summed E-state index contributed by atoms with van der Waals surface area (Å²) in [4.78, 5) is 4.80. The maximum Gasteiger partial charge on any atom is 0.172 e. The Labute approximate surface area is 123 Å². The van der Waals surface area contributed by atoms with E-state index < -0.39 is 0 Å². The zero-order valence-corrected chi connectivity index (χ0v) is 12.5. The van der Waals surface area contributed by atoms with E-state index in [1.165, 1.54) is 9.75 Å². The average Bonchev–Trinajstić information content (AvgIpc) is 2.94. The molecular weight excluding hydrogens is 270 g/mol. The lowest BCUT2D eigenvalue weighted by Crippen LogP contribution is -2.22. The Bertz CT molecular complexity index is 607. The molecule has 0 unspecified atom stereocenters. The quantitative estimate of drug-likeness (QED) is 0.385. The van der Waals surface area contributed by atoms with Crippen LogP contribution in [0.3, 0.4) is 0 Å². The number of nitrogens with zero attached hydrogens (tertiary/aromatic N) is 2. The highest BCUT2D eigenvalue weighted by molar-refractivity contribution is 7.12. The molecule has 0 spiro atoms. The molecule has 2 rings (SSSR count). The molecule has 0 fully saturated rings. The number of aryl methyl sites for hydroxylation is 1. The van der Waals surface area contributed by atoms with E-state index in [0.717, 1.165) is 24.2 Å². The molecule has 20 heavy (non-hydrogen) atoms. The van der Waals surface area contributed by atoms with Gasteiger partial charge in [-0.2, -0.15) is 0 Å². The van der Waals surface area contributed by atoms with Crippen molar-refractivity contribution >= 4 is 22.9 Å². The predicted octanol–water partition coefficient (Wildman–Crippen LogP) is 3.04. The van der Waals surface area contributed by atoms with Gasteiger partial charge in [0.1, 0.15) is 0 Å². The van der Waals surface area contributed by atoms with E-state index in [9.17, 15) is 0 Å². The van der Waals surface area contributed by atoms with Crippen molar-refractivity contribution in [3.63, 3.8) is 0 Å². The molecule has 0 aliphatic carbocycles. The van der Waals surface area contributed by atoms with Gasteiger partial charge in [0.05, 0.1) is 6.54 Å². The highest BCUT2D eigenvalue weighted by atomic mass is 32.1. The largest absolute Gasteiger partial charge is 0.409 e. The maximum absolute atomic E-state index is 8.87. The Balaban J connectivity index is 2.23. The van der Waals surface area contributed by atoms with Crippen molar-refractivity contribution in [2.45, 2.75) is 19.9 Å². The first kappa shape index (κ1) is 14.4. The topological polar surface area (TPSA) is 61.8 Å². The van der Waals surface area contributed by atoms with Crippen LogP contribution >= 0.6 is 11.3 Å². The smallest absolute Gasteiger partial charge is 0.172 e. The van der Waals surface area contributed by atoms with Crippen LogP contribution in [0.25, 0.3) is 0 Å². The fourth-order valence-corrected chi connectivity index (χ4v) is 3.10. The van der Waals surface area contributed by atoms with Crippen molar-refractivity contribution in [1.29, 1.82) is 0 Å². The Morgan fingerprint density at radius 3 is 2.60 bits per heavy atom. The van der Waals surface area contributed by atoms with Crippen LogP contribution in [0.4, 0.5) is 5.69 Å². The Hall–Kier alpha value is -2.01. The van der Waals surface area contributed by atoms with Crippen LogP contribution in [0.15, 0.2) is 41.6 Å². The molecule has 106 valence electrons. The van der Waals surface area contributed by atoms with Gasteiger partial charge in [0.25, 0.3) is 0 Å². The van der Waals surface area contributed by atoms with Crippen LogP contribution in [0.2, 0.25) is 0 Å². The van der Waals surface area contributed by atoms with E-state index in [4.69, 9.17) is 10.9 Å². The molecule has 0 bridgehead atoms. The zero-order valence-electron chi connectivity index (χ0n) is 11.7. The molecule has 5 heteroatoms. The standard InChI is InChI=1S/C15H19N3OS/c1-3-11-8-9-12(20-11)10-18(2)14-7-5-4-6-13(14)15(16)17-19/h4-9,19H,3,10H2,1-2H3,(H2,16,17). The number of para-hydroxylation sites is 1. The number of anilines is 1. The van der Waals surface area contributed by atoms with Crippen LogP contribution in [0.1, 0.15) is 22.2 Å². The van der Waals surface area contributed by atoms with Gasteiger partial charge in [-0.15, -0.1) is 11.3 Å². The molecule has 0 saturated heterocycles. The summed E-state index contributed by atoms with van der Waals surface area (Å²) in [6.45, 7) is 2.97. The number of hydrogen-bond donors (Lipinski definition) is 2. The van der Waals surface area contributed by atoms with Gasteiger partial charge in [-0.3, -0.25) is 0 Å². The Morgan fingerprint density at radius 1 is 1.25 bits per heavy atom. The third-order valence-electron chi connectivity index (χ3n) is 3.16. The van der Waals surface area contributed by atoms with Crippen LogP contribution in [0, 0.1) is 0 Å². The number of amidine groups is 1. The van der Waals surface area contributed by atoms with E-state index in [1.54, 1.807) is 0 Å². The monoisotopic (exact) mass is 289 g/mol. The first-order chi connectivity index (χ1) is 9.65. The predicted molar refractivity (Wildman–Crippen MR) is 84.8 cm³/mol. The minimum atomic E-state index is 0.132. The number of benzene rings is 1. The molecule has 0 radical (unpaired) electrons. The summed E-state index contributed by atoms with van der Waals surface area (Å²) in [5.41, 5.74) is 7.42. The minimum absolute atomic E-state index is 0.132. The summed E-state index contributed by atoms with van der Waals surface area (Å²) in [7, 11) is 2.01. The SMILES string of the molecule is CCc1ccc(CN(C)c2ccccc2/C(N)=N/O)s1. The summed E-state index contributed by atoms with van der Waals surface area (Å²) in [6, 6.07) is 12.0. The maximum atomic E-state index is 8.87. The lowest BCUT2D eigenvalue weighted by molar-refractivity contribution is 0.318. The molecule has 4 nitrogen and oxygen atoms in total. The fourth-order valence-electron chi connectivity index (χ4n) is 2.09. The second-order valence-corrected chi connectivity index (χ2v) is 5.83. The third kappa shape index (κ3) is 3.11. The number of hydrogen-bond acceptors (Lipinski definition) is 4. The molecule has 1 heterocycles. The van der Waals surface area contributed by atoms with Gasteiger partial charge >= 0.3 is 0 Å². The number of thiophene rings is 1. The molecular formula is C15H19N3OS. The zero-order chi connectivity index (χ0) is 14.5. The molecule has 1 aromatic carbocycles. The number of oxime groups is 1. The fraction of sp³-hybridized carbons (Fsp3) is 0.267. The Morgan fingerprint density at radius 2 is 1.95 bits per heavy atom. The number of nitrogens with two attached hydrogens (primary N) is 1. The summed E-state index contributed by atoms with van der Waals surface area (Å²) >= 11 is 1.82. The van der Waals surface area contributed by atoms with Crippen molar-refractivity contribution < 1.29 is 5.21 Å². The first-order valence-electron chi connectivity index (χ1n) is 6.51. The molecule has 0 saturated carbocycles. The Kier molecular flexibility index (Phi) is 4.63. The molecule has 0 atom stereocenters. The van der Waals surface area contributed by atoms with Crippen molar-refractivity contribution in [1.82, 2.24) is 0 Å². The van der Waals surface area contributed by atoms with E-state index in [0.29, 0.717) is 0 Å². The second-order valence-electron chi connectivity index (χ2n) is 4.58. The lowest BCUT2D eigenvalue weighted by atomic mass is 10.1. The number of rotatable bonds is 5. The third-order valence-corrected chi connectivity index (χ3v) is 4.37. The summed E-state index contributed by atoms with van der Waals surface area (Å²) in [5.74, 6) is 0.132. The van der Waals surface area contributed by atoms with Gasteiger partial charge in [-0.1, -0.05) is 24.2 Å². The van der Waals surface area contributed by atoms with Crippen LogP contribution in [-0.4, -0.2) is 18.1 Å². The second kappa shape index (κ2) is 6.43. The van der Waals surface area contributed by atoms with E-state index in [-0.39, 0.29) is 5.84 Å². The lowest BCUT2D eigenvalue weighted by Gasteiger charge is -2.21. The van der Waals surface area contributed by atoms with Crippen molar-refractivity contribution in [2.24, 2.45) is 10.9 Å². The van der Waals surface area contributed by atoms with Crippen LogP contribution in [-0.2, 0) is 13.0 Å². The first-order valence-corrected chi connectivity index (χ1v) is 7.33. The van der Waals surface area contributed by atoms with Crippen molar-refractivity contribution in [3.8, 4) is 0 Å². The van der Waals surface area contributed by atoms with Gasteiger partial charge in [0, 0.05) is 28.1 Å². The van der Waals surface area contributed by atoms with Gasteiger partial charge in [0.2, 0.25) is 0 Å². The van der Waals surface area contributed by atoms with Gasteiger partial charge in [0.15, 0.2) is 5.84 Å². The molecule has 0 amide bonds. The normalized spacial score (nSPS) is 11.6. The van der Waals surface area contributed by atoms with Gasteiger partial charge < -0.3 is 15.8 Å². The molecule has 2 aromatic rings. The van der Waals surface area contributed by atoms with E-state index >= 15 is 0 Å². The molecule has 0 aliphatic heterocycles. The van der Waals surface area contributed by atoms with Crippen molar-refractivity contribution in [2.75, 3.05) is 11.9 Å². The van der Waals surface area contributed by atoms with E-state index in [2.05, 4.69) is 29.1 Å². The molecule has 0 aliphatic rings. The summed E-state index contributed by atoms with van der Waals surface area (Å²) in [6.07, 6.45) is 1.06. The molecule has 3 N–H and O–H groups in total. The van der Waals surface area contributed by atoms with Gasteiger partial charge in [-0.05, 0) is 30.7 Å². The van der Waals surface area contributed by atoms with E-state index in [1.807, 2.05) is 42.6 Å².